The van der Waals surface area contributed by atoms with Crippen LogP contribution in [-0.2, 0) is 6.42 Å². The maximum Gasteiger partial charge on any atom is 0.257 e. The summed E-state index contributed by atoms with van der Waals surface area (Å²) in [7, 11) is 0. The van der Waals surface area contributed by atoms with E-state index in [0.29, 0.717) is 5.02 Å². The Labute approximate surface area is 142 Å². The van der Waals surface area contributed by atoms with Crippen molar-refractivity contribution in [3.05, 3.63) is 46.2 Å². The number of para-hydroxylation sites is 1. The Morgan fingerprint density at radius 1 is 1.22 bits per heavy atom. The van der Waals surface area contributed by atoms with Gasteiger partial charge in [0.15, 0.2) is 0 Å². The lowest BCUT2D eigenvalue weighted by atomic mass is 10.1. The smallest absolute Gasteiger partial charge is 0.257 e. The minimum absolute atomic E-state index is 0.109. The number of hydrogen-bond donors (Lipinski definition) is 0. The highest BCUT2D eigenvalue weighted by Gasteiger charge is 2.26. The molecule has 23 heavy (non-hydrogen) atoms. The molecule has 0 radical (unpaired) electrons. The van der Waals surface area contributed by atoms with Crippen LogP contribution >= 0.6 is 11.6 Å². The van der Waals surface area contributed by atoms with Gasteiger partial charge in [0.05, 0.1) is 27.7 Å². The zero-order valence-electron chi connectivity index (χ0n) is 13.7. The number of likely N-dealkylation sites (tertiary alicyclic amines) is 1. The van der Waals surface area contributed by atoms with Crippen LogP contribution in [0.4, 0.5) is 0 Å². The van der Waals surface area contributed by atoms with E-state index in [1.54, 1.807) is 0 Å². The van der Waals surface area contributed by atoms with Gasteiger partial charge in [0.2, 0.25) is 0 Å². The zero-order chi connectivity index (χ0) is 16.4. The molecule has 5 heteroatoms. The normalized spacial score (nSPS) is 15.0. The summed E-state index contributed by atoms with van der Waals surface area (Å²) in [4.78, 5) is 14.9. The molecule has 1 fully saturated rings. The van der Waals surface area contributed by atoms with Crippen LogP contribution in [0.1, 0.15) is 47.9 Å². The summed E-state index contributed by atoms with van der Waals surface area (Å²) >= 11 is 6.32. The first kappa shape index (κ1) is 16.1. The lowest BCUT2D eigenvalue weighted by Crippen LogP contribution is -2.36. The number of hydrogen-bond acceptors (Lipinski definition) is 2. The minimum Gasteiger partial charge on any atom is -0.339 e. The highest BCUT2D eigenvalue weighted by molar-refractivity contribution is 6.32. The van der Waals surface area contributed by atoms with E-state index in [9.17, 15) is 4.79 Å². The Morgan fingerprint density at radius 3 is 2.57 bits per heavy atom. The van der Waals surface area contributed by atoms with E-state index in [1.807, 2.05) is 40.8 Å². The summed E-state index contributed by atoms with van der Waals surface area (Å²) in [5.41, 5.74) is 3.28. The Kier molecular flexibility index (Phi) is 4.71. The molecule has 1 aromatic heterocycles. The van der Waals surface area contributed by atoms with Crippen molar-refractivity contribution in [2.75, 3.05) is 13.1 Å². The van der Waals surface area contributed by atoms with E-state index in [4.69, 9.17) is 11.6 Å². The molecule has 1 amide bonds. The van der Waals surface area contributed by atoms with Gasteiger partial charge in [0, 0.05) is 13.1 Å². The van der Waals surface area contributed by atoms with Gasteiger partial charge in [-0.25, -0.2) is 4.68 Å². The molecule has 2 heterocycles. The average Bonchev–Trinajstić information content (AvgIpc) is 2.91. The summed E-state index contributed by atoms with van der Waals surface area (Å²) in [5.74, 6) is 0.109. The maximum atomic E-state index is 13.0. The van der Waals surface area contributed by atoms with Gasteiger partial charge in [-0.15, -0.1) is 0 Å². The van der Waals surface area contributed by atoms with Crippen LogP contribution in [0.15, 0.2) is 24.3 Å². The molecule has 0 spiro atoms. The monoisotopic (exact) mass is 331 g/mol. The number of benzene rings is 1. The van der Waals surface area contributed by atoms with Crippen molar-refractivity contribution in [2.24, 2.45) is 0 Å². The molecule has 0 N–H and O–H groups in total. The molecule has 2 aromatic rings. The number of carbonyl (C=O) groups excluding carboxylic acids is 1. The van der Waals surface area contributed by atoms with Crippen molar-refractivity contribution >= 4 is 17.5 Å². The fraction of sp³-hybridized carbons (Fsp3) is 0.444. The molecule has 1 aromatic carbocycles. The SMILES string of the molecule is CCc1c(C(=O)N2CCCCC2)c(C)nn1-c1ccccc1Cl. The van der Waals surface area contributed by atoms with Gasteiger partial charge in [-0.3, -0.25) is 4.79 Å². The summed E-state index contributed by atoms with van der Waals surface area (Å²) in [5, 5.41) is 5.25. The zero-order valence-corrected chi connectivity index (χ0v) is 14.4. The van der Waals surface area contributed by atoms with Gasteiger partial charge < -0.3 is 4.90 Å². The molecule has 3 rings (SSSR count). The van der Waals surface area contributed by atoms with Crippen LogP contribution < -0.4 is 0 Å². The molecular formula is C18H22ClN3O. The van der Waals surface area contributed by atoms with Crippen molar-refractivity contribution in [1.29, 1.82) is 0 Å². The topological polar surface area (TPSA) is 38.1 Å². The van der Waals surface area contributed by atoms with E-state index in [1.165, 1.54) is 6.42 Å². The molecule has 0 saturated carbocycles. The standard InChI is InChI=1S/C18H22ClN3O/c1-3-15-17(18(23)21-11-7-4-8-12-21)13(2)20-22(15)16-10-6-5-9-14(16)19/h5-6,9-10H,3-4,7-8,11-12H2,1-2H3. The fourth-order valence-electron chi connectivity index (χ4n) is 3.26. The Morgan fingerprint density at radius 2 is 1.91 bits per heavy atom. The first-order valence-corrected chi connectivity index (χ1v) is 8.64. The van der Waals surface area contributed by atoms with Crippen molar-refractivity contribution in [2.45, 2.75) is 39.5 Å². The number of carbonyl (C=O) groups is 1. The van der Waals surface area contributed by atoms with Crippen molar-refractivity contribution in [3.8, 4) is 5.69 Å². The van der Waals surface area contributed by atoms with E-state index in [-0.39, 0.29) is 5.91 Å². The molecule has 0 unspecified atom stereocenters. The van der Waals surface area contributed by atoms with E-state index in [0.717, 1.165) is 55.0 Å². The average molecular weight is 332 g/mol. The Bertz CT molecular complexity index is 717. The number of amides is 1. The van der Waals surface area contributed by atoms with Crippen molar-refractivity contribution in [1.82, 2.24) is 14.7 Å². The second-order valence-electron chi connectivity index (χ2n) is 5.98. The fourth-order valence-corrected chi connectivity index (χ4v) is 3.47. The third-order valence-electron chi connectivity index (χ3n) is 4.43. The molecule has 0 bridgehead atoms. The first-order chi connectivity index (χ1) is 11.1. The predicted molar refractivity (Wildman–Crippen MR) is 92.4 cm³/mol. The third-order valence-corrected chi connectivity index (χ3v) is 4.75. The van der Waals surface area contributed by atoms with E-state index >= 15 is 0 Å². The molecule has 0 aliphatic carbocycles. The summed E-state index contributed by atoms with van der Waals surface area (Å²) < 4.78 is 1.83. The highest BCUT2D eigenvalue weighted by atomic mass is 35.5. The molecular weight excluding hydrogens is 310 g/mol. The lowest BCUT2D eigenvalue weighted by Gasteiger charge is -2.27. The third kappa shape index (κ3) is 3.00. The van der Waals surface area contributed by atoms with Crippen LogP contribution in [-0.4, -0.2) is 33.7 Å². The molecule has 1 aliphatic heterocycles. The number of aromatic nitrogens is 2. The summed E-state index contributed by atoms with van der Waals surface area (Å²) in [6.45, 7) is 5.65. The van der Waals surface area contributed by atoms with Gasteiger partial charge in [0.25, 0.3) is 5.91 Å². The van der Waals surface area contributed by atoms with Crippen LogP contribution in [0, 0.1) is 6.92 Å². The molecule has 0 atom stereocenters. The second kappa shape index (κ2) is 6.75. The minimum atomic E-state index is 0.109. The molecule has 1 saturated heterocycles. The van der Waals surface area contributed by atoms with Crippen LogP contribution in [0.5, 0.6) is 0 Å². The maximum absolute atomic E-state index is 13.0. The van der Waals surface area contributed by atoms with E-state index in [2.05, 4.69) is 12.0 Å². The van der Waals surface area contributed by atoms with Crippen LogP contribution in [0.3, 0.4) is 0 Å². The van der Waals surface area contributed by atoms with Gasteiger partial charge in [-0.05, 0) is 44.7 Å². The molecule has 1 aliphatic rings. The van der Waals surface area contributed by atoms with Crippen molar-refractivity contribution < 1.29 is 4.79 Å². The molecule has 4 nitrogen and oxygen atoms in total. The van der Waals surface area contributed by atoms with Crippen molar-refractivity contribution in [3.63, 3.8) is 0 Å². The molecule has 122 valence electrons. The number of halogens is 1. The van der Waals surface area contributed by atoms with Crippen LogP contribution in [0.2, 0.25) is 5.02 Å². The van der Waals surface area contributed by atoms with E-state index < -0.39 is 0 Å². The summed E-state index contributed by atoms with van der Waals surface area (Å²) in [6, 6.07) is 7.61. The predicted octanol–water partition coefficient (Wildman–Crippen LogP) is 4.02. The van der Waals surface area contributed by atoms with Gasteiger partial charge in [-0.2, -0.15) is 5.10 Å². The first-order valence-electron chi connectivity index (χ1n) is 8.26. The number of aryl methyl sites for hydroxylation is 1. The van der Waals surface area contributed by atoms with Gasteiger partial charge in [0.1, 0.15) is 0 Å². The quantitative estimate of drug-likeness (QED) is 0.851. The number of nitrogens with zero attached hydrogens (tertiary/aromatic N) is 3. The second-order valence-corrected chi connectivity index (χ2v) is 6.38. The Balaban J connectivity index is 2.05. The Hall–Kier alpha value is -1.81. The summed E-state index contributed by atoms with van der Waals surface area (Å²) in [6.07, 6.45) is 4.12. The highest BCUT2D eigenvalue weighted by Crippen LogP contribution is 2.26. The van der Waals surface area contributed by atoms with Crippen LogP contribution in [0.25, 0.3) is 5.69 Å². The number of rotatable bonds is 3. The van der Waals surface area contributed by atoms with Gasteiger partial charge in [-0.1, -0.05) is 30.7 Å². The largest absolute Gasteiger partial charge is 0.339 e. The number of piperidine rings is 1. The van der Waals surface area contributed by atoms with Gasteiger partial charge >= 0.3 is 0 Å². The lowest BCUT2D eigenvalue weighted by molar-refractivity contribution is 0.0722.